The van der Waals surface area contributed by atoms with E-state index in [9.17, 15) is 0 Å². The minimum atomic E-state index is -0.0787. The molecule has 0 N–H and O–H groups in total. The van der Waals surface area contributed by atoms with Crippen LogP contribution < -0.4 is 0 Å². The topological polar surface area (TPSA) is 0 Å². The molecule has 2 heteroatoms. The molecule has 0 aromatic rings. The van der Waals surface area contributed by atoms with E-state index in [-0.39, 0.29) is 24.4 Å². The molecular formula is C7H7ClRh. The number of allylic oxidation sites excluding steroid dienone is 4. The number of fused-ring (bicyclic) bond motifs is 2. The fourth-order valence-corrected chi connectivity index (χ4v) is 1.64. The zero-order valence-corrected chi connectivity index (χ0v) is 7.20. The van der Waals surface area contributed by atoms with Crippen molar-refractivity contribution in [1.29, 1.82) is 0 Å². The fraction of sp³-hybridized carbons (Fsp3) is 0.429. The van der Waals surface area contributed by atoms with E-state index in [2.05, 4.69) is 24.3 Å². The van der Waals surface area contributed by atoms with Gasteiger partial charge in [0.1, 0.15) is 0 Å². The first kappa shape index (κ1) is 7.50. The predicted molar refractivity (Wildman–Crippen MR) is 35.0 cm³/mol. The zero-order valence-electron chi connectivity index (χ0n) is 4.81. The number of alkyl halides is 1. The molecule has 0 aromatic carbocycles. The van der Waals surface area contributed by atoms with E-state index >= 15 is 0 Å². The maximum Gasteiger partial charge on any atom is 0.0815 e. The van der Waals surface area contributed by atoms with E-state index in [4.69, 9.17) is 11.6 Å². The maximum absolute atomic E-state index is 6.02. The van der Waals surface area contributed by atoms with E-state index in [1.54, 1.807) is 0 Å². The van der Waals surface area contributed by atoms with Gasteiger partial charge in [0, 0.05) is 19.5 Å². The Morgan fingerprint density at radius 2 is 1.89 bits per heavy atom. The SMILES string of the molecule is ClC12C=CC(C=C1)C2.[Rh]. The van der Waals surface area contributed by atoms with Crippen molar-refractivity contribution in [2.24, 2.45) is 5.92 Å². The van der Waals surface area contributed by atoms with Gasteiger partial charge in [-0.05, 0) is 12.3 Å². The molecule has 0 nitrogen and oxygen atoms in total. The van der Waals surface area contributed by atoms with Gasteiger partial charge >= 0.3 is 0 Å². The summed E-state index contributed by atoms with van der Waals surface area (Å²) in [5.74, 6) is 0.646. The molecule has 0 saturated heterocycles. The Balaban J connectivity index is 0.000000405. The number of rotatable bonds is 0. The molecule has 2 rings (SSSR count). The van der Waals surface area contributed by atoms with Crippen molar-refractivity contribution >= 4 is 11.6 Å². The first-order valence-corrected chi connectivity index (χ1v) is 3.24. The van der Waals surface area contributed by atoms with Gasteiger partial charge in [0.25, 0.3) is 0 Å². The number of hydrogen-bond donors (Lipinski definition) is 0. The Bertz CT molecular complexity index is 158. The summed E-state index contributed by atoms with van der Waals surface area (Å²) in [6.45, 7) is 0. The largest absolute Gasteiger partial charge is 0.110 e. The minimum Gasteiger partial charge on any atom is -0.110 e. The molecule has 0 fully saturated rings. The van der Waals surface area contributed by atoms with Crippen LogP contribution in [0.5, 0.6) is 0 Å². The summed E-state index contributed by atoms with van der Waals surface area (Å²) in [6, 6.07) is 0. The van der Waals surface area contributed by atoms with Crippen LogP contribution in [0, 0.1) is 5.92 Å². The van der Waals surface area contributed by atoms with Crippen LogP contribution in [-0.4, -0.2) is 4.87 Å². The van der Waals surface area contributed by atoms with E-state index < -0.39 is 0 Å². The molecule has 0 unspecified atom stereocenters. The first-order chi connectivity index (χ1) is 3.79. The quantitative estimate of drug-likeness (QED) is 0.339. The van der Waals surface area contributed by atoms with Crippen molar-refractivity contribution in [3.63, 3.8) is 0 Å². The molecule has 9 heavy (non-hydrogen) atoms. The summed E-state index contributed by atoms with van der Waals surface area (Å²) in [4.78, 5) is -0.0787. The zero-order chi connectivity index (χ0) is 5.61. The average molecular weight is 229 g/mol. The predicted octanol–water partition coefficient (Wildman–Crippen LogP) is 2.11. The summed E-state index contributed by atoms with van der Waals surface area (Å²) in [6.07, 6.45) is 9.60. The molecule has 51 valence electrons. The fourth-order valence-electron chi connectivity index (χ4n) is 1.32. The second kappa shape index (κ2) is 2.21. The maximum atomic E-state index is 6.02. The van der Waals surface area contributed by atoms with Crippen molar-refractivity contribution in [3.8, 4) is 0 Å². The summed E-state index contributed by atoms with van der Waals surface area (Å²) < 4.78 is 0. The molecule has 2 bridgehead atoms. The van der Waals surface area contributed by atoms with E-state index in [0.717, 1.165) is 6.42 Å². The van der Waals surface area contributed by atoms with Gasteiger partial charge in [-0.15, -0.1) is 11.6 Å². The van der Waals surface area contributed by atoms with Crippen LogP contribution in [0.4, 0.5) is 0 Å². The van der Waals surface area contributed by atoms with Gasteiger partial charge in [0.2, 0.25) is 0 Å². The van der Waals surface area contributed by atoms with Gasteiger partial charge in [0.05, 0.1) is 4.87 Å². The summed E-state index contributed by atoms with van der Waals surface area (Å²) in [5, 5.41) is 0. The monoisotopic (exact) mass is 229 g/mol. The number of hydrogen-bond acceptors (Lipinski definition) is 0. The molecule has 0 heterocycles. The van der Waals surface area contributed by atoms with Crippen LogP contribution in [0.1, 0.15) is 6.42 Å². The van der Waals surface area contributed by atoms with Crippen LogP contribution in [-0.2, 0) is 19.5 Å². The van der Waals surface area contributed by atoms with Gasteiger partial charge in [-0.3, -0.25) is 0 Å². The van der Waals surface area contributed by atoms with Crippen LogP contribution in [0.2, 0.25) is 0 Å². The summed E-state index contributed by atoms with van der Waals surface area (Å²) in [7, 11) is 0. The molecule has 2 aliphatic carbocycles. The molecule has 0 spiro atoms. The van der Waals surface area contributed by atoms with Crippen LogP contribution in [0.25, 0.3) is 0 Å². The Morgan fingerprint density at radius 3 is 2.00 bits per heavy atom. The van der Waals surface area contributed by atoms with E-state index in [1.165, 1.54) is 0 Å². The van der Waals surface area contributed by atoms with Crippen molar-refractivity contribution in [1.82, 2.24) is 0 Å². The molecule has 0 saturated carbocycles. The third kappa shape index (κ3) is 1.13. The van der Waals surface area contributed by atoms with Gasteiger partial charge < -0.3 is 0 Å². The summed E-state index contributed by atoms with van der Waals surface area (Å²) >= 11 is 6.02. The third-order valence-corrected chi connectivity index (χ3v) is 2.20. The van der Waals surface area contributed by atoms with Gasteiger partial charge in [0.15, 0.2) is 0 Å². The van der Waals surface area contributed by atoms with Gasteiger partial charge in [-0.25, -0.2) is 0 Å². The molecule has 0 aliphatic heterocycles. The van der Waals surface area contributed by atoms with Gasteiger partial charge in [-0.2, -0.15) is 0 Å². The van der Waals surface area contributed by atoms with Crippen molar-refractivity contribution in [3.05, 3.63) is 24.3 Å². The first-order valence-electron chi connectivity index (χ1n) is 2.86. The van der Waals surface area contributed by atoms with E-state index in [1.807, 2.05) is 0 Å². The smallest absolute Gasteiger partial charge is 0.0815 e. The van der Waals surface area contributed by atoms with Crippen molar-refractivity contribution < 1.29 is 19.5 Å². The van der Waals surface area contributed by atoms with Crippen LogP contribution in [0.3, 0.4) is 0 Å². The second-order valence-electron chi connectivity index (χ2n) is 2.51. The van der Waals surface area contributed by atoms with Crippen LogP contribution >= 0.6 is 11.6 Å². The molecule has 0 aromatic heterocycles. The number of halogens is 1. The third-order valence-electron chi connectivity index (χ3n) is 1.79. The standard InChI is InChI=1S/C7H7Cl.Rh/c8-7-3-1-6(5-7)2-4-7;/h1-4,6H,5H2;. The van der Waals surface area contributed by atoms with Crippen molar-refractivity contribution in [2.75, 3.05) is 0 Å². The Hall–Kier alpha value is 0.393. The van der Waals surface area contributed by atoms with E-state index in [0.29, 0.717) is 5.92 Å². The molecule has 0 atom stereocenters. The second-order valence-corrected chi connectivity index (χ2v) is 3.22. The Morgan fingerprint density at radius 1 is 1.33 bits per heavy atom. The van der Waals surface area contributed by atoms with Gasteiger partial charge in [-0.1, -0.05) is 24.3 Å². The normalized spacial score (nSPS) is 43.4. The minimum absolute atomic E-state index is 0. The average Bonchev–Trinajstić information content (AvgIpc) is 2.21. The Labute approximate surface area is 72.7 Å². The van der Waals surface area contributed by atoms with Crippen LogP contribution in [0.15, 0.2) is 24.3 Å². The molecular weight excluding hydrogens is 222 g/mol. The molecule has 1 radical (unpaired) electrons. The Kier molecular flexibility index (Phi) is 1.85. The molecule has 2 aliphatic rings. The summed E-state index contributed by atoms with van der Waals surface area (Å²) in [5.41, 5.74) is 0. The molecule has 0 amide bonds. The van der Waals surface area contributed by atoms with Crippen molar-refractivity contribution in [2.45, 2.75) is 11.3 Å².